The molecule has 3 N–H and O–H groups in total. The van der Waals surface area contributed by atoms with Gasteiger partial charge in [-0.05, 0) is 36.4 Å². The van der Waals surface area contributed by atoms with E-state index in [0.29, 0.717) is 11.3 Å². The molecule has 0 aliphatic rings. The lowest BCUT2D eigenvalue weighted by Gasteiger charge is -2.06. The highest BCUT2D eigenvalue weighted by Crippen LogP contribution is 2.18. The van der Waals surface area contributed by atoms with Crippen LogP contribution in [0.25, 0.3) is 0 Å². The van der Waals surface area contributed by atoms with Crippen LogP contribution in [0.15, 0.2) is 47.5 Å². The molecule has 0 aromatic heterocycles. The third-order valence-electron chi connectivity index (χ3n) is 2.74. The van der Waals surface area contributed by atoms with Gasteiger partial charge in [-0.2, -0.15) is 4.99 Å². The first-order chi connectivity index (χ1) is 10.5. The van der Waals surface area contributed by atoms with Gasteiger partial charge in [0.25, 0.3) is 0 Å². The molecular weight excluding hydrogens is 305 g/mol. The summed E-state index contributed by atoms with van der Waals surface area (Å²) in [6.07, 6.45) is 5.24. The SMILES string of the molecule is C#Cc1ccc(NC(=O)/N=C(\N)c2c(F)cccc2Cl)cc1. The summed E-state index contributed by atoms with van der Waals surface area (Å²) in [6.45, 7) is 0. The van der Waals surface area contributed by atoms with Crippen molar-refractivity contribution in [2.75, 3.05) is 5.32 Å². The third-order valence-corrected chi connectivity index (χ3v) is 3.06. The van der Waals surface area contributed by atoms with Crippen LogP contribution in [0.1, 0.15) is 11.1 Å². The molecule has 2 aromatic rings. The average Bonchev–Trinajstić information content (AvgIpc) is 2.47. The maximum absolute atomic E-state index is 13.7. The molecule has 0 spiro atoms. The number of amides is 2. The van der Waals surface area contributed by atoms with Crippen molar-refractivity contribution in [1.82, 2.24) is 0 Å². The predicted molar refractivity (Wildman–Crippen MR) is 85.5 cm³/mol. The summed E-state index contributed by atoms with van der Waals surface area (Å²) in [7, 11) is 0. The van der Waals surface area contributed by atoms with Gasteiger partial charge in [0.1, 0.15) is 11.7 Å². The molecule has 2 aromatic carbocycles. The van der Waals surface area contributed by atoms with Crippen LogP contribution in [-0.4, -0.2) is 11.9 Å². The first-order valence-electron chi connectivity index (χ1n) is 6.17. The molecule has 2 amide bonds. The quantitative estimate of drug-likeness (QED) is 0.506. The van der Waals surface area contributed by atoms with E-state index in [0.717, 1.165) is 0 Å². The lowest BCUT2D eigenvalue weighted by Crippen LogP contribution is -2.20. The van der Waals surface area contributed by atoms with Crippen molar-refractivity contribution in [2.45, 2.75) is 0 Å². The maximum Gasteiger partial charge on any atom is 0.347 e. The number of anilines is 1. The third kappa shape index (κ3) is 3.62. The highest BCUT2D eigenvalue weighted by molar-refractivity contribution is 6.34. The molecule has 110 valence electrons. The van der Waals surface area contributed by atoms with E-state index in [2.05, 4.69) is 16.2 Å². The van der Waals surface area contributed by atoms with Gasteiger partial charge in [-0.3, -0.25) is 0 Å². The number of carbonyl (C=O) groups is 1. The van der Waals surface area contributed by atoms with Gasteiger partial charge in [-0.25, -0.2) is 9.18 Å². The second kappa shape index (κ2) is 6.74. The molecule has 0 heterocycles. The lowest BCUT2D eigenvalue weighted by molar-refractivity contribution is 0.259. The predicted octanol–water partition coefficient (Wildman–Crippen LogP) is 3.40. The second-order valence-corrected chi connectivity index (χ2v) is 4.65. The summed E-state index contributed by atoms with van der Waals surface area (Å²) < 4.78 is 13.7. The van der Waals surface area contributed by atoms with Crippen LogP contribution >= 0.6 is 11.6 Å². The Bertz CT molecular complexity index is 759. The van der Waals surface area contributed by atoms with Crippen LogP contribution in [0.3, 0.4) is 0 Å². The maximum atomic E-state index is 13.7. The molecule has 2 rings (SSSR count). The molecule has 6 heteroatoms. The van der Waals surface area contributed by atoms with Crippen LogP contribution in [0.5, 0.6) is 0 Å². The smallest absolute Gasteiger partial charge is 0.347 e. The normalized spacial score (nSPS) is 10.9. The van der Waals surface area contributed by atoms with E-state index >= 15 is 0 Å². The molecule has 0 atom stereocenters. The minimum atomic E-state index is -0.745. The molecule has 0 saturated heterocycles. The van der Waals surface area contributed by atoms with Crippen LogP contribution in [0, 0.1) is 18.2 Å². The molecule has 4 nitrogen and oxygen atoms in total. The summed E-state index contributed by atoms with van der Waals surface area (Å²) in [5.41, 5.74) is 6.69. The van der Waals surface area contributed by atoms with Gasteiger partial charge in [0.05, 0.1) is 10.6 Å². The van der Waals surface area contributed by atoms with Crippen LogP contribution in [-0.2, 0) is 0 Å². The Balaban J connectivity index is 2.17. The number of rotatable bonds is 2. The van der Waals surface area contributed by atoms with Gasteiger partial charge in [0.15, 0.2) is 0 Å². The number of aliphatic imine (C=N–C) groups is 1. The summed E-state index contributed by atoms with van der Waals surface area (Å²) >= 11 is 5.85. The van der Waals surface area contributed by atoms with Crippen LogP contribution in [0.4, 0.5) is 14.9 Å². The Morgan fingerprint density at radius 3 is 2.55 bits per heavy atom. The minimum absolute atomic E-state index is 0.0763. The first-order valence-corrected chi connectivity index (χ1v) is 6.55. The van der Waals surface area contributed by atoms with Crippen LogP contribution < -0.4 is 11.1 Å². The fourth-order valence-electron chi connectivity index (χ4n) is 1.71. The van der Waals surface area contributed by atoms with Gasteiger partial charge < -0.3 is 11.1 Å². The fraction of sp³-hybridized carbons (Fsp3) is 0. The molecule has 0 fully saturated rings. The van der Waals surface area contributed by atoms with Crippen molar-refractivity contribution >= 4 is 29.2 Å². The van der Waals surface area contributed by atoms with Gasteiger partial charge >= 0.3 is 6.03 Å². The molecule has 0 radical (unpaired) electrons. The zero-order valence-corrected chi connectivity index (χ0v) is 12.1. The monoisotopic (exact) mass is 315 g/mol. The van der Waals surface area contributed by atoms with E-state index in [1.54, 1.807) is 24.3 Å². The topological polar surface area (TPSA) is 67.5 Å². The van der Waals surface area contributed by atoms with Gasteiger partial charge in [0, 0.05) is 11.3 Å². The molecule has 0 aliphatic heterocycles. The Morgan fingerprint density at radius 2 is 1.95 bits per heavy atom. The van der Waals surface area contributed by atoms with E-state index in [9.17, 15) is 9.18 Å². The lowest BCUT2D eigenvalue weighted by atomic mass is 10.2. The first kappa shape index (κ1) is 15.5. The Hall–Kier alpha value is -2.84. The van der Waals surface area contributed by atoms with Crippen LogP contribution in [0.2, 0.25) is 5.02 Å². The van der Waals surface area contributed by atoms with Gasteiger partial charge in [0.2, 0.25) is 0 Å². The number of terminal acetylenes is 1. The Labute approximate surface area is 131 Å². The van der Waals surface area contributed by atoms with Crippen molar-refractivity contribution in [1.29, 1.82) is 0 Å². The van der Waals surface area contributed by atoms with Crippen molar-refractivity contribution in [3.63, 3.8) is 0 Å². The molecular formula is C16H11ClFN3O. The Kier molecular flexibility index (Phi) is 4.77. The number of hydrogen-bond acceptors (Lipinski definition) is 1. The zero-order chi connectivity index (χ0) is 16.1. The summed E-state index contributed by atoms with van der Waals surface area (Å²) in [5.74, 6) is 1.50. The molecule has 22 heavy (non-hydrogen) atoms. The number of urea groups is 1. The van der Waals surface area contributed by atoms with Crippen molar-refractivity contribution in [2.24, 2.45) is 10.7 Å². The fourth-order valence-corrected chi connectivity index (χ4v) is 1.97. The number of nitrogens with zero attached hydrogens (tertiary/aromatic N) is 1. The number of nitrogens with one attached hydrogen (secondary N) is 1. The highest BCUT2D eigenvalue weighted by atomic mass is 35.5. The van der Waals surface area contributed by atoms with Crippen molar-refractivity contribution in [3.05, 3.63) is 64.4 Å². The van der Waals surface area contributed by atoms with E-state index < -0.39 is 11.8 Å². The molecule has 0 bridgehead atoms. The van der Waals surface area contributed by atoms with Crippen molar-refractivity contribution < 1.29 is 9.18 Å². The second-order valence-electron chi connectivity index (χ2n) is 4.25. The summed E-state index contributed by atoms with van der Waals surface area (Å²) in [4.78, 5) is 15.4. The number of benzene rings is 2. The number of carbonyl (C=O) groups excluding carboxylic acids is 1. The van der Waals surface area contributed by atoms with Crippen molar-refractivity contribution in [3.8, 4) is 12.3 Å². The summed E-state index contributed by atoms with van der Waals surface area (Å²) in [5, 5.41) is 2.57. The van der Waals surface area contributed by atoms with Gasteiger partial charge in [-0.1, -0.05) is 23.6 Å². The average molecular weight is 316 g/mol. The van der Waals surface area contributed by atoms with E-state index in [1.165, 1.54) is 18.2 Å². The number of hydrogen-bond donors (Lipinski definition) is 2. The number of amidine groups is 1. The van der Waals surface area contributed by atoms with E-state index in [1.807, 2.05) is 0 Å². The molecule has 0 saturated carbocycles. The Morgan fingerprint density at radius 1 is 1.27 bits per heavy atom. The minimum Gasteiger partial charge on any atom is -0.383 e. The standard InChI is InChI=1S/C16H11ClFN3O/c1-2-10-6-8-11(9-7-10)20-16(22)21-15(19)14-12(17)4-3-5-13(14)18/h1,3-9H,(H3,19,20,21,22). The highest BCUT2D eigenvalue weighted by Gasteiger charge is 2.12. The zero-order valence-electron chi connectivity index (χ0n) is 11.3. The van der Waals surface area contributed by atoms with E-state index in [4.69, 9.17) is 23.8 Å². The number of halogens is 2. The largest absolute Gasteiger partial charge is 0.383 e. The van der Waals surface area contributed by atoms with E-state index in [-0.39, 0.29) is 16.4 Å². The van der Waals surface area contributed by atoms with Gasteiger partial charge in [-0.15, -0.1) is 6.42 Å². The summed E-state index contributed by atoms with van der Waals surface area (Å²) in [6, 6.07) is 9.89. The molecule has 0 aliphatic carbocycles. The number of nitrogens with two attached hydrogens (primary N) is 1. The molecule has 0 unspecified atom stereocenters.